The molecule has 0 radical (unpaired) electrons. The molecule has 1 aliphatic rings. The van der Waals surface area contributed by atoms with E-state index in [1.54, 1.807) is 54.6 Å². The van der Waals surface area contributed by atoms with Crippen LogP contribution in [0.25, 0.3) is 0 Å². The highest BCUT2D eigenvalue weighted by atomic mass is 19.3. The molecule has 2 atom stereocenters. The Labute approximate surface area is 121 Å². The highest BCUT2D eigenvalue weighted by Crippen LogP contribution is 2.62. The first kappa shape index (κ1) is 13.7. The van der Waals surface area contributed by atoms with Gasteiger partial charge in [-0.25, -0.2) is 8.78 Å². The number of hydrogen-bond acceptors (Lipinski definition) is 2. The average molecular weight is 288 g/mol. The monoisotopic (exact) mass is 288 g/mol. The molecule has 2 nitrogen and oxygen atoms in total. The Hall–Kier alpha value is -2.23. The number of hydrogen-bond donors (Lipinski definition) is 0. The second-order valence-corrected chi connectivity index (χ2v) is 5.14. The number of carbonyl (C=O) groups is 1. The first-order valence-corrected chi connectivity index (χ1v) is 6.66. The lowest BCUT2D eigenvalue weighted by Gasteiger charge is -2.03. The molecule has 0 aliphatic heterocycles. The number of halogens is 2. The fourth-order valence-corrected chi connectivity index (χ4v) is 2.68. The molecule has 1 aliphatic carbocycles. The number of ketones is 1. The number of Topliss-reactive ketones (excluding diaryl/α,β-unsaturated/α-hetero) is 1. The molecule has 0 saturated heterocycles. The van der Waals surface area contributed by atoms with E-state index in [2.05, 4.69) is 0 Å². The molecule has 4 heteroatoms. The SMILES string of the molecule is COc1cccc(C2C(C(=O)c3ccccc3)C2(F)F)c1. The van der Waals surface area contributed by atoms with Crippen molar-refractivity contribution in [1.29, 1.82) is 0 Å². The Balaban J connectivity index is 1.89. The van der Waals surface area contributed by atoms with Gasteiger partial charge in [-0.3, -0.25) is 4.79 Å². The van der Waals surface area contributed by atoms with Gasteiger partial charge in [-0.05, 0) is 17.7 Å². The summed E-state index contributed by atoms with van der Waals surface area (Å²) in [5.74, 6) is -5.35. The van der Waals surface area contributed by atoms with Gasteiger partial charge in [0, 0.05) is 5.56 Å². The Morgan fingerprint density at radius 2 is 1.81 bits per heavy atom. The molecule has 0 spiro atoms. The minimum atomic E-state index is -3.00. The average Bonchev–Trinajstić information content (AvgIpc) is 3.10. The molecule has 2 aromatic rings. The van der Waals surface area contributed by atoms with Crippen molar-refractivity contribution in [3.63, 3.8) is 0 Å². The van der Waals surface area contributed by atoms with Crippen molar-refractivity contribution >= 4 is 5.78 Å². The topological polar surface area (TPSA) is 26.3 Å². The molecule has 2 aromatic carbocycles. The van der Waals surface area contributed by atoms with Gasteiger partial charge in [0.2, 0.25) is 0 Å². The van der Waals surface area contributed by atoms with Gasteiger partial charge in [0.25, 0.3) is 5.92 Å². The second-order valence-electron chi connectivity index (χ2n) is 5.14. The van der Waals surface area contributed by atoms with Crippen molar-refractivity contribution in [2.24, 2.45) is 5.92 Å². The molecular formula is C17H14F2O2. The molecule has 0 bridgehead atoms. The normalized spacial score (nSPS) is 22.6. The highest BCUT2D eigenvalue weighted by molar-refractivity contribution is 6.01. The second kappa shape index (κ2) is 4.95. The van der Waals surface area contributed by atoms with Gasteiger partial charge in [0.1, 0.15) is 5.75 Å². The highest BCUT2D eigenvalue weighted by Gasteiger charge is 2.72. The minimum Gasteiger partial charge on any atom is -0.497 e. The van der Waals surface area contributed by atoms with Gasteiger partial charge in [-0.1, -0.05) is 42.5 Å². The first-order chi connectivity index (χ1) is 10.1. The number of ether oxygens (including phenoxy) is 1. The third-order valence-corrected chi connectivity index (χ3v) is 3.85. The van der Waals surface area contributed by atoms with Crippen LogP contribution in [0, 0.1) is 5.92 Å². The standard InChI is InChI=1S/C17H14F2O2/c1-21-13-9-5-8-12(10-13)14-15(17(14,18)19)16(20)11-6-3-2-4-7-11/h2-10,14-15H,1H3. The summed E-state index contributed by atoms with van der Waals surface area (Å²) in [6.07, 6.45) is 0. The van der Waals surface area contributed by atoms with Crippen LogP contribution >= 0.6 is 0 Å². The summed E-state index contributed by atoms with van der Waals surface area (Å²) >= 11 is 0. The molecule has 0 N–H and O–H groups in total. The van der Waals surface area contributed by atoms with Crippen LogP contribution in [0.2, 0.25) is 0 Å². The van der Waals surface area contributed by atoms with Gasteiger partial charge < -0.3 is 4.74 Å². The van der Waals surface area contributed by atoms with Gasteiger partial charge in [0.15, 0.2) is 5.78 Å². The molecule has 21 heavy (non-hydrogen) atoms. The Kier molecular flexibility index (Phi) is 3.24. The van der Waals surface area contributed by atoms with E-state index in [9.17, 15) is 13.6 Å². The van der Waals surface area contributed by atoms with Crippen molar-refractivity contribution in [1.82, 2.24) is 0 Å². The zero-order valence-corrected chi connectivity index (χ0v) is 11.4. The molecule has 2 unspecified atom stereocenters. The van der Waals surface area contributed by atoms with Crippen molar-refractivity contribution in [2.75, 3.05) is 7.11 Å². The van der Waals surface area contributed by atoms with Crippen LogP contribution in [0.3, 0.4) is 0 Å². The van der Waals surface area contributed by atoms with Crippen LogP contribution in [-0.4, -0.2) is 18.8 Å². The number of carbonyl (C=O) groups excluding carboxylic acids is 1. The van der Waals surface area contributed by atoms with Crippen molar-refractivity contribution in [2.45, 2.75) is 11.8 Å². The van der Waals surface area contributed by atoms with E-state index in [0.717, 1.165) is 0 Å². The van der Waals surface area contributed by atoms with Crippen molar-refractivity contribution in [3.05, 3.63) is 65.7 Å². The molecule has 0 amide bonds. The van der Waals surface area contributed by atoms with Gasteiger partial charge in [-0.15, -0.1) is 0 Å². The Morgan fingerprint density at radius 3 is 2.48 bits per heavy atom. The van der Waals surface area contributed by atoms with Crippen LogP contribution in [-0.2, 0) is 0 Å². The van der Waals surface area contributed by atoms with Crippen LogP contribution in [0.15, 0.2) is 54.6 Å². The first-order valence-electron chi connectivity index (χ1n) is 6.66. The van der Waals surface area contributed by atoms with Crippen molar-refractivity contribution in [3.8, 4) is 5.75 Å². The van der Waals surface area contributed by atoms with E-state index in [0.29, 0.717) is 16.9 Å². The summed E-state index contributed by atoms with van der Waals surface area (Å²) in [5, 5.41) is 0. The van der Waals surface area contributed by atoms with Gasteiger partial charge in [0.05, 0.1) is 18.9 Å². The molecule has 108 valence electrons. The zero-order valence-electron chi connectivity index (χ0n) is 11.4. The molecule has 3 rings (SSSR count). The molecule has 1 saturated carbocycles. The number of benzene rings is 2. The summed E-state index contributed by atoms with van der Waals surface area (Å²) in [4.78, 5) is 12.2. The summed E-state index contributed by atoms with van der Waals surface area (Å²) in [5.41, 5.74) is 0.765. The Bertz CT molecular complexity index is 668. The summed E-state index contributed by atoms with van der Waals surface area (Å²) < 4.78 is 33.2. The van der Waals surface area contributed by atoms with E-state index < -0.39 is 23.5 Å². The molecule has 0 heterocycles. The van der Waals surface area contributed by atoms with Crippen LogP contribution < -0.4 is 4.74 Å². The summed E-state index contributed by atoms with van der Waals surface area (Å²) in [6.45, 7) is 0. The van der Waals surface area contributed by atoms with E-state index in [1.807, 2.05) is 0 Å². The fourth-order valence-electron chi connectivity index (χ4n) is 2.68. The van der Waals surface area contributed by atoms with Crippen molar-refractivity contribution < 1.29 is 18.3 Å². The maximum atomic E-state index is 14.1. The largest absolute Gasteiger partial charge is 0.497 e. The third-order valence-electron chi connectivity index (χ3n) is 3.85. The number of methoxy groups -OCH3 is 1. The maximum absolute atomic E-state index is 14.1. The van der Waals surface area contributed by atoms with E-state index in [1.165, 1.54) is 7.11 Å². The predicted molar refractivity (Wildman–Crippen MR) is 74.9 cm³/mol. The number of rotatable bonds is 4. The number of alkyl halides is 2. The predicted octanol–water partition coefficient (Wildman–Crippen LogP) is 3.93. The lowest BCUT2D eigenvalue weighted by Crippen LogP contribution is -2.07. The van der Waals surface area contributed by atoms with Gasteiger partial charge in [-0.2, -0.15) is 0 Å². The van der Waals surface area contributed by atoms with E-state index in [-0.39, 0.29) is 0 Å². The van der Waals surface area contributed by atoms with Gasteiger partial charge >= 0.3 is 0 Å². The van der Waals surface area contributed by atoms with Crippen LogP contribution in [0.4, 0.5) is 8.78 Å². The Morgan fingerprint density at radius 1 is 1.10 bits per heavy atom. The smallest absolute Gasteiger partial charge is 0.266 e. The van der Waals surface area contributed by atoms with Crippen LogP contribution in [0.5, 0.6) is 5.75 Å². The third kappa shape index (κ3) is 2.31. The molecular weight excluding hydrogens is 274 g/mol. The quantitative estimate of drug-likeness (QED) is 0.797. The lowest BCUT2D eigenvalue weighted by molar-refractivity contribution is 0.0742. The summed E-state index contributed by atoms with van der Waals surface area (Å²) in [6, 6.07) is 14.8. The molecule has 1 fully saturated rings. The van der Waals surface area contributed by atoms with E-state index >= 15 is 0 Å². The fraction of sp³-hybridized carbons (Fsp3) is 0.235. The molecule has 0 aromatic heterocycles. The van der Waals surface area contributed by atoms with E-state index in [4.69, 9.17) is 4.74 Å². The van der Waals surface area contributed by atoms with Crippen LogP contribution in [0.1, 0.15) is 21.8 Å². The maximum Gasteiger partial charge on any atom is 0.266 e. The minimum absolute atomic E-state index is 0.326. The lowest BCUT2D eigenvalue weighted by atomic mass is 10.0. The summed E-state index contributed by atoms with van der Waals surface area (Å²) in [7, 11) is 1.48. The zero-order chi connectivity index (χ0) is 15.0.